The minimum Gasteiger partial charge on any atom is -0.399 e. The van der Waals surface area contributed by atoms with E-state index < -0.39 is 31.1 Å². The fourth-order valence-corrected chi connectivity index (χ4v) is 3.09. The highest BCUT2D eigenvalue weighted by atomic mass is 16.6. The molecule has 1 aliphatic heterocycles. The van der Waals surface area contributed by atoms with Gasteiger partial charge in [0.05, 0.1) is 19.1 Å². The Labute approximate surface area is 164 Å². The number of ether oxygens (including phenoxy) is 1. The van der Waals surface area contributed by atoms with E-state index in [1.807, 2.05) is 6.07 Å². The van der Waals surface area contributed by atoms with Crippen molar-refractivity contribution in [3.05, 3.63) is 36.2 Å². The molecule has 4 atom stereocenters. The van der Waals surface area contributed by atoms with Gasteiger partial charge in [0.15, 0.2) is 17.7 Å². The fourth-order valence-electron chi connectivity index (χ4n) is 3.09. The Morgan fingerprint density at radius 1 is 1.24 bits per heavy atom. The van der Waals surface area contributed by atoms with Crippen LogP contribution in [0.1, 0.15) is 11.8 Å². The van der Waals surface area contributed by atoms with E-state index in [9.17, 15) is 15.3 Å². The minimum atomic E-state index is -1.28. The first kappa shape index (κ1) is 19.0. The second kappa shape index (κ2) is 7.60. The number of aliphatic hydroxyl groups is 3. The number of nitrogens with two attached hydrogens (primary N) is 2. The van der Waals surface area contributed by atoms with Gasteiger partial charge in [-0.2, -0.15) is 15.1 Å². The Bertz CT molecular complexity index is 1060. The predicted molar refractivity (Wildman–Crippen MR) is 105 cm³/mol. The van der Waals surface area contributed by atoms with E-state index in [1.165, 1.54) is 10.9 Å². The lowest BCUT2D eigenvalue weighted by Gasteiger charge is -2.16. The van der Waals surface area contributed by atoms with Gasteiger partial charge in [0.2, 0.25) is 5.95 Å². The summed E-state index contributed by atoms with van der Waals surface area (Å²) < 4.78 is 6.95. The number of anilines is 3. The van der Waals surface area contributed by atoms with Crippen LogP contribution in [-0.4, -0.2) is 66.0 Å². The average Bonchev–Trinajstić information content (AvgIpc) is 3.24. The Morgan fingerprint density at radius 3 is 2.79 bits per heavy atom. The van der Waals surface area contributed by atoms with Crippen molar-refractivity contribution in [3.63, 3.8) is 0 Å². The van der Waals surface area contributed by atoms with E-state index in [2.05, 4.69) is 25.5 Å². The Balaban J connectivity index is 1.62. The Morgan fingerprint density at radius 2 is 2.07 bits per heavy atom. The number of fused-ring (bicyclic) bond motifs is 1. The molecule has 0 saturated carbocycles. The van der Waals surface area contributed by atoms with Gasteiger partial charge in [-0.05, 0) is 17.7 Å². The number of nitrogen functional groups attached to an aromatic ring is 2. The van der Waals surface area contributed by atoms with Crippen LogP contribution in [0, 0.1) is 0 Å². The van der Waals surface area contributed by atoms with E-state index in [1.54, 1.807) is 24.4 Å². The van der Waals surface area contributed by atoms with Crippen molar-refractivity contribution >= 4 is 34.8 Å². The first-order valence-electron chi connectivity index (χ1n) is 8.75. The van der Waals surface area contributed by atoms with Crippen molar-refractivity contribution in [2.24, 2.45) is 5.10 Å². The zero-order valence-electron chi connectivity index (χ0n) is 15.1. The second-order valence-corrected chi connectivity index (χ2v) is 6.53. The van der Waals surface area contributed by atoms with Gasteiger partial charge < -0.3 is 31.5 Å². The third kappa shape index (κ3) is 3.56. The molecule has 0 bridgehead atoms. The number of aromatic nitrogens is 4. The highest BCUT2D eigenvalue weighted by Crippen LogP contribution is 2.32. The van der Waals surface area contributed by atoms with Crippen molar-refractivity contribution < 1.29 is 20.1 Å². The van der Waals surface area contributed by atoms with Crippen molar-refractivity contribution in [2.75, 3.05) is 23.5 Å². The Kier molecular flexibility index (Phi) is 4.98. The Hall–Kier alpha value is -3.32. The molecular formula is C17H20N8O4. The predicted octanol–water partition coefficient (Wildman–Crippen LogP) is -0.952. The van der Waals surface area contributed by atoms with Crippen LogP contribution >= 0.6 is 0 Å². The molecule has 2 aromatic heterocycles. The molecule has 1 aliphatic rings. The largest absolute Gasteiger partial charge is 0.399 e. The van der Waals surface area contributed by atoms with Crippen LogP contribution < -0.4 is 16.9 Å². The molecule has 2 unspecified atom stereocenters. The lowest BCUT2D eigenvalue weighted by Crippen LogP contribution is -2.33. The molecule has 1 fully saturated rings. The minimum absolute atomic E-state index is 0.0992. The lowest BCUT2D eigenvalue weighted by atomic mass is 10.1. The molecule has 0 amide bonds. The summed E-state index contributed by atoms with van der Waals surface area (Å²) in [6.45, 7) is -0.440. The van der Waals surface area contributed by atoms with Crippen molar-refractivity contribution in [3.8, 4) is 0 Å². The normalized spacial score (nSPS) is 24.5. The zero-order valence-corrected chi connectivity index (χ0v) is 15.1. The topological polar surface area (TPSA) is 190 Å². The van der Waals surface area contributed by atoms with Gasteiger partial charge in [-0.25, -0.2) is 10.4 Å². The number of benzene rings is 1. The lowest BCUT2D eigenvalue weighted by molar-refractivity contribution is -0.0511. The van der Waals surface area contributed by atoms with Gasteiger partial charge in [-0.15, -0.1) is 0 Å². The summed E-state index contributed by atoms with van der Waals surface area (Å²) in [6, 6.07) is 7.15. The molecule has 12 nitrogen and oxygen atoms in total. The standard InChI is InChI=1S/C17H20N8O4/c18-9-3-1-2-8(4-9)5-21-24-17-22-14(19)11-15(23-17)25(7-20-11)16-13(28)12(27)10(6-26)29-16/h1-5,7,10,12-13,16,26-28H,6,18H2,(H3,19,22,23,24)/t10-,12?,13?,16-/m1/s1. The van der Waals surface area contributed by atoms with E-state index in [4.69, 9.17) is 16.2 Å². The van der Waals surface area contributed by atoms with Gasteiger partial charge in [-0.3, -0.25) is 4.57 Å². The molecular weight excluding hydrogens is 380 g/mol. The maximum Gasteiger partial charge on any atom is 0.247 e. The number of imidazole rings is 1. The number of nitrogens with zero attached hydrogens (tertiary/aromatic N) is 5. The molecule has 12 heteroatoms. The highest BCUT2D eigenvalue weighted by molar-refractivity contribution is 5.84. The van der Waals surface area contributed by atoms with Crippen LogP contribution in [0.3, 0.4) is 0 Å². The van der Waals surface area contributed by atoms with E-state index in [0.717, 1.165) is 5.56 Å². The van der Waals surface area contributed by atoms with Crippen LogP contribution in [0.5, 0.6) is 0 Å². The summed E-state index contributed by atoms with van der Waals surface area (Å²) in [5.74, 6) is 0.200. The molecule has 1 aromatic carbocycles. The summed E-state index contributed by atoms with van der Waals surface area (Å²) in [7, 11) is 0. The number of aliphatic hydroxyl groups excluding tert-OH is 3. The number of nitrogens with one attached hydrogen (secondary N) is 1. The summed E-state index contributed by atoms with van der Waals surface area (Å²) >= 11 is 0. The van der Waals surface area contributed by atoms with Crippen LogP contribution in [0.25, 0.3) is 11.2 Å². The molecule has 3 heterocycles. The molecule has 1 saturated heterocycles. The number of rotatable bonds is 5. The molecule has 8 N–H and O–H groups in total. The van der Waals surface area contributed by atoms with Gasteiger partial charge in [0, 0.05) is 5.69 Å². The van der Waals surface area contributed by atoms with Crippen molar-refractivity contribution in [1.82, 2.24) is 19.5 Å². The maximum absolute atomic E-state index is 10.3. The van der Waals surface area contributed by atoms with Crippen LogP contribution in [0.2, 0.25) is 0 Å². The molecule has 152 valence electrons. The summed E-state index contributed by atoms with van der Waals surface area (Å²) in [5.41, 5.74) is 16.3. The van der Waals surface area contributed by atoms with Gasteiger partial charge in [0.25, 0.3) is 0 Å². The molecule has 0 aliphatic carbocycles. The van der Waals surface area contributed by atoms with Crippen molar-refractivity contribution in [2.45, 2.75) is 24.5 Å². The molecule has 29 heavy (non-hydrogen) atoms. The third-order valence-corrected chi connectivity index (χ3v) is 4.53. The van der Waals surface area contributed by atoms with Gasteiger partial charge in [0.1, 0.15) is 23.8 Å². The number of hydrogen-bond acceptors (Lipinski definition) is 11. The zero-order chi connectivity index (χ0) is 20.5. The maximum atomic E-state index is 10.3. The third-order valence-electron chi connectivity index (χ3n) is 4.53. The molecule has 0 radical (unpaired) electrons. The number of hydrazone groups is 1. The van der Waals surface area contributed by atoms with E-state index >= 15 is 0 Å². The van der Waals surface area contributed by atoms with Gasteiger partial charge in [-0.1, -0.05) is 12.1 Å². The number of hydrogen-bond donors (Lipinski definition) is 6. The summed E-state index contributed by atoms with van der Waals surface area (Å²) in [6.07, 6.45) is -1.53. The molecule has 4 rings (SSSR count). The first-order chi connectivity index (χ1) is 14.0. The van der Waals surface area contributed by atoms with E-state index in [0.29, 0.717) is 11.2 Å². The molecule has 3 aromatic rings. The monoisotopic (exact) mass is 400 g/mol. The van der Waals surface area contributed by atoms with Gasteiger partial charge >= 0.3 is 0 Å². The highest BCUT2D eigenvalue weighted by Gasteiger charge is 2.44. The first-order valence-corrected chi connectivity index (χ1v) is 8.75. The average molecular weight is 400 g/mol. The summed E-state index contributed by atoms with van der Waals surface area (Å²) in [5, 5.41) is 33.6. The van der Waals surface area contributed by atoms with Crippen molar-refractivity contribution in [1.29, 1.82) is 0 Å². The smallest absolute Gasteiger partial charge is 0.247 e. The van der Waals surface area contributed by atoms with Crippen LogP contribution in [0.4, 0.5) is 17.5 Å². The van der Waals surface area contributed by atoms with Crippen LogP contribution in [0.15, 0.2) is 35.7 Å². The van der Waals surface area contributed by atoms with E-state index in [-0.39, 0.29) is 17.4 Å². The quantitative estimate of drug-likeness (QED) is 0.177. The molecule has 0 spiro atoms. The van der Waals surface area contributed by atoms with Crippen LogP contribution in [-0.2, 0) is 4.74 Å². The fraction of sp³-hybridized carbons (Fsp3) is 0.294. The summed E-state index contributed by atoms with van der Waals surface area (Å²) in [4.78, 5) is 12.6. The second-order valence-electron chi connectivity index (χ2n) is 6.53. The SMILES string of the molecule is Nc1cccc(C=NNc2nc(N)c3ncn([C@@H]4O[C@H](CO)C(O)C4O)c3n2)c1.